The molecule has 0 saturated heterocycles. The van der Waals surface area contributed by atoms with Gasteiger partial charge in [-0.3, -0.25) is 9.59 Å². The zero-order chi connectivity index (χ0) is 57.8. The molecule has 0 aliphatic rings. The number of allylic oxidation sites excluding steroid dienone is 5. The standard InChI is InChI=1S/C74H141NO5/c1-3-5-7-9-11-13-15-16-17-18-34-37-40-43-47-50-54-58-62-66-72(77)71(70-76)75-73(78)67-63-59-55-51-48-44-41-38-35-32-30-28-26-24-22-20-19-21-23-25-27-29-31-33-36-39-42-45-49-53-57-61-65-69-80-74(79)68-64-60-56-52-46-14-12-10-8-6-4-2/h23,25,29,31,62,66,71-72,76-77H,3-22,24,26-28,30,32-61,63-65,67-70H2,1-2H3,(H,75,78)/b25-23-,31-29-,66-62+. The predicted molar refractivity (Wildman–Crippen MR) is 352 cm³/mol. The second-order valence-electron chi connectivity index (χ2n) is 24.9. The Morgan fingerprint density at radius 2 is 0.625 bits per heavy atom. The SMILES string of the molecule is CCCCCCCCCCCCCCCCCCC/C=C/C(O)C(CO)NC(=O)CCCCCCCCCCCCCCCCCCC/C=C\C/C=C\CCCCCCCCCCCOC(=O)CCCCCCCCCCCCC. The summed E-state index contributed by atoms with van der Waals surface area (Å²) in [5.74, 6) is -0.0486. The largest absolute Gasteiger partial charge is 0.466 e. The number of hydrogen-bond donors (Lipinski definition) is 3. The van der Waals surface area contributed by atoms with Gasteiger partial charge < -0.3 is 20.3 Å². The van der Waals surface area contributed by atoms with E-state index < -0.39 is 12.1 Å². The zero-order valence-corrected chi connectivity index (χ0v) is 54.1. The summed E-state index contributed by atoms with van der Waals surface area (Å²) >= 11 is 0. The lowest BCUT2D eigenvalue weighted by Crippen LogP contribution is -2.45. The van der Waals surface area contributed by atoms with E-state index in [9.17, 15) is 19.8 Å². The van der Waals surface area contributed by atoms with Crippen LogP contribution < -0.4 is 5.32 Å². The molecule has 80 heavy (non-hydrogen) atoms. The van der Waals surface area contributed by atoms with Crippen molar-refractivity contribution in [2.45, 2.75) is 411 Å². The fraction of sp³-hybridized carbons (Fsp3) is 0.892. The molecule has 0 saturated carbocycles. The molecule has 3 N–H and O–H groups in total. The summed E-state index contributed by atoms with van der Waals surface area (Å²) in [5.41, 5.74) is 0. The molecule has 0 heterocycles. The Kier molecular flexibility index (Phi) is 67.9. The van der Waals surface area contributed by atoms with Gasteiger partial charge in [0.2, 0.25) is 5.91 Å². The summed E-state index contributed by atoms with van der Waals surface area (Å²) in [6, 6.07) is -0.627. The summed E-state index contributed by atoms with van der Waals surface area (Å²) in [6.45, 7) is 4.93. The monoisotopic (exact) mass is 1120 g/mol. The Bertz CT molecular complexity index is 1300. The summed E-state index contributed by atoms with van der Waals surface area (Å²) in [6.07, 6.45) is 89.5. The number of rotatable bonds is 68. The van der Waals surface area contributed by atoms with E-state index in [-0.39, 0.29) is 18.5 Å². The highest BCUT2D eigenvalue weighted by Gasteiger charge is 2.18. The van der Waals surface area contributed by atoms with Crippen LogP contribution in [0.4, 0.5) is 0 Å². The Morgan fingerprint density at radius 3 is 0.950 bits per heavy atom. The Hall–Kier alpha value is -1.92. The number of carbonyl (C=O) groups is 2. The van der Waals surface area contributed by atoms with Crippen LogP contribution in [0.1, 0.15) is 399 Å². The fourth-order valence-electron chi connectivity index (χ4n) is 11.4. The highest BCUT2D eigenvalue weighted by Crippen LogP contribution is 2.19. The van der Waals surface area contributed by atoms with Gasteiger partial charge in [-0.2, -0.15) is 0 Å². The van der Waals surface area contributed by atoms with Crippen molar-refractivity contribution in [3.8, 4) is 0 Å². The van der Waals surface area contributed by atoms with Crippen molar-refractivity contribution >= 4 is 11.9 Å². The maximum atomic E-state index is 12.5. The first kappa shape index (κ1) is 78.1. The van der Waals surface area contributed by atoms with Crippen LogP contribution in [-0.4, -0.2) is 47.4 Å². The van der Waals surface area contributed by atoms with Gasteiger partial charge in [-0.15, -0.1) is 0 Å². The number of esters is 1. The van der Waals surface area contributed by atoms with Gasteiger partial charge >= 0.3 is 5.97 Å². The Labute approximate surface area is 500 Å². The van der Waals surface area contributed by atoms with Crippen molar-refractivity contribution in [3.05, 3.63) is 36.5 Å². The quantitative estimate of drug-likeness (QED) is 0.0320. The topological polar surface area (TPSA) is 95.9 Å². The second kappa shape index (κ2) is 69.6. The van der Waals surface area contributed by atoms with Crippen LogP contribution in [-0.2, 0) is 14.3 Å². The molecule has 0 aliphatic heterocycles. The third-order valence-electron chi connectivity index (χ3n) is 16.9. The van der Waals surface area contributed by atoms with E-state index in [1.807, 2.05) is 6.08 Å². The molecule has 1 amide bonds. The van der Waals surface area contributed by atoms with Gasteiger partial charge in [-0.25, -0.2) is 0 Å². The number of ether oxygens (including phenoxy) is 1. The highest BCUT2D eigenvalue weighted by atomic mass is 16.5. The normalized spacial score (nSPS) is 12.7. The van der Waals surface area contributed by atoms with Gasteiger partial charge in [0.05, 0.1) is 25.4 Å². The number of nitrogens with one attached hydrogen (secondary N) is 1. The molecule has 0 fully saturated rings. The maximum absolute atomic E-state index is 12.5. The molecule has 0 aromatic rings. The Morgan fingerprint density at radius 1 is 0.350 bits per heavy atom. The van der Waals surface area contributed by atoms with Crippen LogP contribution >= 0.6 is 0 Å². The van der Waals surface area contributed by atoms with Gasteiger partial charge in [0.15, 0.2) is 0 Å². The van der Waals surface area contributed by atoms with Gasteiger partial charge in [-0.05, 0) is 64.2 Å². The van der Waals surface area contributed by atoms with Crippen LogP contribution in [0.25, 0.3) is 0 Å². The first-order valence-electron chi connectivity index (χ1n) is 36.3. The minimum Gasteiger partial charge on any atom is -0.466 e. The highest BCUT2D eigenvalue weighted by molar-refractivity contribution is 5.76. The summed E-state index contributed by atoms with van der Waals surface area (Å²) in [5, 5.41) is 23.2. The molecular formula is C74H141NO5. The summed E-state index contributed by atoms with van der Waals surface area (Å²) in [7, 11) is 0. The lowest BCUT2D eigenvalue weighted by atomic mass is 10.0. The molecule has 2 atom stereocenters. The fourth-order valence-corrected chi connectivity index (χ4v) is 11.4. The zero-order valence-electron chi connectivity index (χ0n) is 54.1. The summed E-state index contributed by atoms with van der Waals surface area (Å²) < 4.78 is 5.47. The van der Waals surface area contributed by atoms with E-state index in [1.165, 1.54) is 327 Å². The molecule has 0 aromatic carbocycles. The minimum atomic E-state index is -0.844. The smallest absolute Gasteiger partial charge is 0.305 e. The maximum Gasteiger partial charge on any atom is 0.305 e. The van der Waals surface area contributed by atoms with E-state index in [0.29, 0.717) is 19.4 Å². The Balaban J connectivity index is 3.40. The van der Waals surface area contributed by atoms with Gasteiger partial charge in [-0.1, -0.05) is 359 Å². The minimum absolute atomic E-state index is 0.0140. The molecule has 0 aliphatic carbocycles. The van der Waals surface area contributed by atoms with Crippen molar-refractivity contribution in [2.75, 3.05) is 13.2 Å². The van der Waals surface area contributed by atoms with Crippen LogP contribution in [0.15, 0.2) is 36.5 Å². The number of aliphatic hydroxyl groups is 2. The van der Waals surface area contributed by atoms with E-state index in [1.54, 1.807) is 6.08 Å². The third-order valence-corrected chi connectivity index (χ3v) is 16.9. The first-order valence-corrected chi connectivity index (χ1v) is 36.3. The lowest BCUT2D eigenvalue weighted by molar-refractivity contribution is -0.143. The average Bonchev–Trinajstić information content (AvgIpc) is 3.46. The predicted octanol–water partition coefficient (Wildman–Crippen LogP) is 23.5. The van der Waals surface area contributed by atoms with Crippen molar-refractivity contribution in [1.29, 1.82) is 0 Å². The third kappa shape index (κ3) is 65.2. The molecule has 0 aromatic heterocycles. The molecular weight excluding hydrogens is 983 g/mol. The van der Waals surface area contributed by atoms with Crippen LogP contribution in [0.5, 0.6) is 0 Å². The molecule has 0 rings (SSSR count). The molecule has 6 heteroatoms. The van der Waals surface area contributed by atoms with E-state index in [2.05, 4.69) is 43.5 Å². The molecule has 0 bridgehead atoms. The van der Waals surface area contributed by atoms with Gasteiger partial charge in [0.1, 0.15) is 0 Å². The number of carbonyl (C=O) groups excluding carboxylic acids is 2. The molecule has 0 radical (unpaired) electrons. The average molecular weight is 1120 g/mol. The van der Waals surface area contributed by atoms with Crippen LogP contribution in [0.2, 0.25) is 0 Å². The number of unbranched alkanes of at least 4 members (excludes halogenated alkanes) is 53. The molecule has 0 spiro atoms. The van der Waals surface area contributed by atoms with E-state index >= 15 is 0 Å². The van der Waals surface area contributed by atoms with E-state index in [0.717, 1.165) is 44.9 Å². The molecule has 2 unspecified atom stereocenters. The van der Waals surface area contributed by atoms with Crippen molar-refractivity contribution in [1.82, 2.24) is 5.32 Å². The van der Waals surface area contributed by atoms with Gasteiger partial charge in [0.25, 0.3) is 0 Å². The number of aliphatic hydroxyl groups excluding tert-OH is 2. The number of amides is 1. The lowest BCUT2D eigenvalue weighted by Gasteiger charge is -2.20. The van der Waals surface area contributed by atoms with Crippen molar-refractivity contribution in [2.24, 2.45) is 0 Å². The molecule has 6 nitrogen and oxygen atoms in total. The van der Waals surface area contributed by atoms with Crippen molar-refractivity contribution in [3.63, 3.8) is 0 Å². The van der Waals surface area contributed by atoms with Crippen LogP contribution in [0.3, 0.4) is 0 Å². The second-order valence-corrected chi connectivity index (χ2v) is 24.9. The first-order chi connectivity index (χ1) is 39.5. The summed E-state index contributed by atoms with van der Waals surface area (Å²) in [4.78, 5) is 24.5. The van der Waals surface area contributed by atoms with E-state index in [4.69, 9.17) is 4.74 Å². The molecule has 472 valence electrons. The van der Waals surface area contributed by atoms with Crippen LogP contribution in [0, 0.1) is 0 Å². The number of hydrogen-bond acceptors (Lipinski definition) is 5. The van der Waals surface area contributed by atoms with Gasteiger partial charge in [0, 0.05) is 12.8 Å². The van der Waals surface area contributed by atoms with Crippen molar-refractivity contribution < 1.29 is 24.5 Å².